The van der Waals surface area contributed by atoms with Crippen molar-refractivity contribution in [2.45, 2.75) is 20.3 Å². The number of aromatic amines is 1. The molecule has 3 aromatic rings. The molecular weight excluding hydrogens is 284 g/mol. The summed E-state index contributed by atoms with van der Waals surface area (Å²) in [7, 11) is 0. The first kappa shape index (κ1) is 15.0. The van der Waals surface area contributed by atoms with E-state index in [4.69, 9.17) is 6.57 Å². The van der Waals surface area contributed by atoms with E-state index in [1.54, 1.807) is 6.07 Å². The first-order chi connectivity index (χ1) is 11.2. The number of H-pyrrole nitrogens is 1. The molecule has 4 nitrogen and oxygen atoms in total. The van der Waals surface area contributed by atoms with E-state index in [1.165, 1.54) is 11.1 Å². The number of nitrogens with one attached hydrogen (secondary N) is 1. The van der Waals surface area contributed by atoms with Crippen LogP contribution in [0.2, 0.25) is 0 Å². The Hall–Kier alpha value is -2.93. The molecule has 4 heteroatoms. The zero-order valence-corrected chi connectivity index (χ0v) is 13.2. The van der Waals surface area contributed by atoms with Crippen molar-refractivity contribution in [1.29, 1.82) is 0 Å². The zero-order chi connectivity index (χ0) is 16.2. The van der Waals surface area contributed by atoms with E-state index in [0.717, 1.165) is 17.7 Å². The second-order valence-electron chi connectivity index (χ2n) is 5.94. The van der Waals surface area contributed by atoms with Gasteiger partial charge in [-0.1, -0.05) is 50.8 Å². The Kier molecular flexibility index (Phi) is 4.20. The lowest BCUT2D eigenvalue weighted by molar-refractivity contribution is 0.648. The number of benzene rings is 1. The van der Waals surface area contributed by atoms with Crippen LogP contribution in [0.5, 0.6) is 0 Å². The van der Waals surface area contributed by atoms with Crippen molar-refractivity contribution in [3.63, 3.8) is 0 Å². The van der Waals surface area contributed by atoms with E-state index in [-0.39, 0.29) is 0 Å². The van der Waals surface area contributed by atoms with Crippen LogP contribution >= 0.6 is 0 Å². The van der Waals surface area contributed by atoms with Crippen LogP contribution < -0.4 is 0 Å². The molecule has 2 heterocycles. The molecule has 0 bridgehead atoms. The van der Waals surface area contributed by atoms with Gasteiger partial charge in [0.15, 0.2) is 0 Å². The van der Waals surface area contributed by atoms with Crippen LogP contribution in [0.15, 0.2) is 48.7 Å². The Labute approximate surface area is 136 Å². The molecule has 0 fully saturated rings. The van der Waals surface area contributed by atoms with Crippen LogP contribution in [0.25, 0.3) is 27.4 Å². The molecule has 0 spiro atoms. The van der Waals surface area contributed by atoms with Gasteiger partial charge in [-0.15, -0.1) is 5.10 Å². The maximum atomic E-state index is 7.03. The molecule has 114 valence electrons. The Balaban J connectivity index is 2.07. The van der Waals surface area contributed by atoms with Crippen LogP contribution in [-0.4, -0.2) is 15.2 Å². The quantitative estimate of drug-likeness (QED) is 0.698. The molecule has 0 amide bonds. The topological polar surface area (TPSA) is 45.9 Å². The maximum absolute atomic E-state index is 7.03. The van der Waals surface area contributed by atoms with Crippen LogP contribution in [0.3, 0.4) is 0 Å². The van der Waals surface area contributed by atoms with E-state index >= 15 is 0 Å². The summed E-state index contributed by atoms with van der Waals surface area (Å²) in [5, 5.41) is 6.89. The lowest BCUT2D eigenvalue weighted by Crippen LogP contribution is -1.99. The number of hydrogen-bond acceptors (Lipinski definition) is 2. The van der Waals surface area contributed by atoms with Gasteiger partial charge < -0.3 is 4.85 Å². The second kappa shape index (κ2) is 6.45. The van der Waals surface area contributed by atoms with Gasteiger partial charge in [-0.2, -0.15) is 0 Å². The molecule has 0 aliphatic heterocycles. The third kappa shape index (κ3) is 3.29. The second-order valence-corrected chi connectivity index (χ2v) is 5.94. The molecule has 23 heavy (non-hydrogen) atoms. The first-order valence-corrected chi connectivity index (χ1v) is 7.65. The standard InChI is InChI=1S/C19H18N4/c1-13(2)9-15-10-17(18-11-19(20-3)23-22-18)21-12-16(15)14-7-5-4-6-8-14/h4-8,10-13H,9H2,1-2H3,(H,22,23). The van der Waals surface area contributed by atoms with Crippen molar-refractivity contribution in [1.82, 2.24) is 15.2 Å². The van der Waals surface area contributed by atoms with Gasteiger partial charge in [-0.25, -0.2) is 5.10 Å². The molecule has 0 unspecified atom stereocenters. The monoisotopic (exact) mass is 302 g/mol. The van der Waals surface area contributed by atoms with Crippen LogP contribution in [0.1, 0.15) is 19.4 Å². The number of nitrogens with zero attached hydrogens (tertiary/aromatic N) is 3. The Morgan fingerprint density at radius 2 is 1.91 bits per heavy atom. The molecule has 1 aromatic carbocycles. The molecule has 0 aliphatic rings. The molecule has 1 N–H and O–H groups in total. The van der Waals surface area contributed by atoms with Crippen molar-refractivity contribution >= 4 is 5.82 Å². The third-order valence-electron chi connectivity index (χ3n) is 3.65. The average Bonchev–Trinajstić information content (AvgIpc) is 3.04. The van der Waals surface area contributed by atoms with Crippen molar-refractivity contribution in [3.05, 3.63) is 65.6 Å². The molecule has 0 atom stereocenters. The van der Waals surface area contributed by atoms with Crippen molar-refractivity contribution in [2.75, 3.05) is 0 Å². The van der Waals surface area contributed by atoms with E-state index in [0.29, 0.717) is 17.4 Å². The summed E-state index contributed by atoms with van der Waals surface area (Å²) in [5.41, 5.74) is 5.09. The minimum atomic E-state index is 0.430. The summed E-state index contributed by atoms with van der Waals surface area (Å²) < 4.78 is 0. The highest BCUT2D eigenvalue weighted by Crippen LogP contribution is 2.29. The van der Waals surface area contributed by atoms with Gasteiger partial charge in [0.1, 0.15) is 5.69 Å². The van der Waals surface area contributed by atoms with E-state index in [1.807, 2.05) is 24.4 Å². The summed E-state index contributed by atoms with van der Waals surface area (Å²) >= 11 is 0. The Bertz CT molecular complexity index is 841. The van der Waals surface area contributed by atoms with Crippen molar-refractivity contribution in [2.24, 2.45) is 5.92 Å². The summed E-state index contributed by atoms with van der Waals surface area (Å²) in [6, 6.07) is 14.1. The number of pyridine rings is 1. The van der Waals surface area contributed by atoms with Gasteiger partial charge in [0.25, 0.3) is 5.82 Å². The van der Waals surface area contributed by atoms with Crippen molar-refractivity contribution in [3.8, 4) is 22.5 Å². The summed E-state index contributed by atoms with van der Waals surface area (Å²) in [6.07, 6.45) is 2.88. The third-order valence-corrected chi connectivity index (χ3v) is 3.65. The van der Waals surface area contributed by atoms with Gasteiger partial charge in [-0.05, 0) is 35.6 Å². The van der Waals surface area contributed by atoms with Gasteiger partial charge >= 0.3 is 0 Å². The molecule has 0 radical (unpaired) electrons. The molecule has 0 saturated heterocycles. The highest BCUT2D eigenvalue weighted by Gasteiger charge is 2.12. The Morgan fingerprint density at radius 3 is 2.57 bits per heavy atom. The number of hydrogen-bond donors (Lipinski definition) is 1. The minimum absolute atomic E-state index is 0.430. The lowest BCUT2D eigenvalue weighted by Gasteiger charge is -2.13. The fourth-order valence-corrected chi connectivity index (χ4v) is 2.62. The molecular formula is C19H18N4. The highest BCUT2D eigenvalue weighted by atomic mass is 15.2. The SMILES string of the molecule is [C-]#[N+]c1cc(-c2cc(CC(C)C)c(-c3ccccc3)cn2)n[nH]1. The summed E-state index contributed by atoms with van der Waals surface area (Å²) in [5.74, 6) is 0.977. The minimum Gasteiger partial charge on any atom is -0.362 e. The van der Waals surface area contributed by atoms with Crippen molar-refractivity contribution < 1.29 is 0 Å². The average molecular weight is 302 g/mol. The smallest absolute Gasteiger partial charge is 0.250 e. The molecule has 0 saturated carbocycles. The Morgan fingerprint density at radius 1 is 1.13 bits per heavy atom. The largest absolute Gasteiger partial charge is 0.362 e. The zero-order valence-electron chi connectivity index (χ0n) is 13.2. The molecule has 3 rings (SSSR count). The summed E-state index contributed by atoms with van der Waals surface area (Å²) in [4.78, 5) is 7.91. The normalized spacial score (nSPS) is 10.7. The fraction of sp³-hybridized carbons (Fsp3) is 0.211. The van der Waals surface area contributed by atoms with Gasteiger partial charge in [0, 0.05) is 11.8 Å². The first-order valence-electron chi connectivity index (χ1n) is 7.65. The highest BCUT2D eigenvalue weighted by molar-refractivity contribution is 5.70. The van der Waals surface area contributed by atoms with Crippen LogP contribution in [-0.2, 0) is 6.42 Å². The lowest BCUT2D eigenvalue weighted by atomic mass is 9.94. The fourth-order valence-electron chi connectivity index (χ4n) is 2.62. The van der Waals surface area contributed by atoms with Crippen LogP contribution in [0.4, 0.5) is 5.82 Å². The van der Waals surface area contributed by atoms with E-state index < -0.39 is 0 Å². The van der Waals surface area contributed by atoms with Gasteiger partial charge in [-0.3, -0.25) is 4.98 Å². The van der Waals surface area contributed by atoms with Gasteiger partial charge in [0.05, 0.1) is 5.69 Å². The van der Waals surface area contributed by atoms with Crippen LogP contribution in [0, 0.1) is 12.5 Å². The number of aromatic nitrogens is 3. The molecule has 0 aliphatic carbocycles. The van der Waals surface area contributed by atoms with E-state index in [9.17, 15) is 0 Å². The van der Waals surface area contributed by atoms with Gasteiger partial charge in [0.2, 0.25) is 0 Å². The summed E-state index contributed by atoms with van der Waals surface area (Å²) in [6.45, 7) is 11.5. The maximum Gasteiger partial charge on any atom is 0.250 e. The number of rotatable bonds is 4. The molecule has 2 aromatic heterocycles. The predicted molar refractivity (Wildman–Crippen MR) is 92.1 cm³/mol. The van der Waals surface area contributed by atoms with E-state index in [2.05, 4.69) is 52.1 Å². The predicted octanol–water partition coefficient (Wildman–Crippen LogP) is 4.89.